The fraction of sp³-hybridized carbons (Fsp3) is 0.857. The summed E-state index contributed by atoms with van der Waals surface area (Å²) >= 11 is 0. The topological polar surface area (TPSA) is 78.9 Å². The molecule has 4 fully saturated rings. The number of esters is 3. The number of allylic oxidation sites excluding steroid dienone is 2. The molecule has 0 N–H and O–H groups in total. The molecule has 0 aromatic carbocycles. The summed E-state index contributed by atoms with van der Waals surface area (Å²) in [7, 11) is 1.56. The summed E-state index contributed by atoms with van der Waals surface area (Å²) < 4.78 is 17.1. The Labute approximate surface area is 247 Å². The molecule has 0 heterocycles. The van der Waals surface area contributed by atoms with E-state index in [2.05, 4.69) is 47.6 Å². The van der Waals surface area contributed by atoms with Crippen LogP contribution in [0, 0.1) is 50.2 Å². The van der Waals surface area contributed by atoms with Crippen LogP contribution in [0.4, 0.5) is 0 Å². The second-order valence-corrected chi connectivity index (χ2v) is 16.3. The second kappa shape index (κ2) is 9.84. The van der Waals surface area contributed by atoms with E-state index in [1.165, 1.54) is 19.4 Å². The average Bonchev–Trinajstić information content (AvgIpc) is 2.89. The highest BCUT2D eigenvalue weighted by atomic mass is 16.6. The number of methoxy groups -OCH3 is 1. The Morgan fingerprint density at radius 2 is 1.54 bits per heavy atom. The van der Waals surface area contributed by atoms with Crippen molar-refractivity contribution in [2.45, 2.75) is 126 Å². The van der Waals surface area contributed by atoms with Crippen LogP contribution in [0.3, 0.4) is 0 Å². The van der Waals surface area contributed by atoms with Gasteiger partial charge in [-0.25, -0.2) is 0 Å². The minimum absolute atomic E-state index is 0.00562. The molecular weight excluding hydrogens is 516 g/mol. The molecular formula is C35H54O6. The van der Waals surface area contributed by atoms with Gasteiger partial charge in [0.25, 0.3) is 0 Å². The maximum absolute atomic E-state index is 13.5. The maximum atomic E-state index is 13.5. The third-order valence-corrected chi connectivity index (χ3v) is 13.9. The van der Waals surface area contributed by atoms with Crippen molar-refractivity contribution in [2.24, 2.45) is 50.2 Å². The summed E-state index contributed by atoms with van der Waals surface area (Å²) in [6.07, 6.45) is 12.1. The van der Waals surface area contributed by atoms with Crippen LogP contribution in [0.5, 0.6) is 0 Å². The van der Waals surface area contributed by atoms with E-state index < -0.39 is 10.8 Å². The third kappa shape index (κ3) is 4.34. The van der Waals surface area contributed by atoms with Crippen molar-refractivity contribution in [3.8, 4) is 0 Å². The van der Waals surface area contributed by atoms with E-state index in [4.69, 9.17) is 14.2 Å². The zero-order valence-corrected chi connectivity index (χ0v) is 27.1. The fourth-order valence-electron chi connectivity index (χ4n) is 11.5. The molecule has 230 valence electrons. The Kier molecular flexibility index (Phi) is 7.34. The first kappa shape index (κ1) is 30.6. The highest BCUT2D eigenvalue weighted by Gasteiger charge is 2.70. The van der Waals surface area contributed by atoms with Gasteiger partial charge in [0.05, 0.1) is 12.5 Å². The van der Waals surface area contributed by atoms with Gasteiger partial charge in [0.15, 0.2) is 0 Å². The smallest absolute Gasteiger partial charge is 0.312 e. The predicted octanol–water partition coefficient (Wildman–Crippen LogP) is 7.44. The minimum Gasteiger partial charge on any atom is -0.469 e. The molecule has 0 spiro atoms. The predicted molar refractivity (Wildman–Crippen MR) is 158 cm³/mol. The molecule has 6 nitrogen and oxygen atoms in total. The molecule has 0 amide bonds. The molecule has 0 bridgehead atoms. The lowest BCUT2D eigenvalue weighted by molar-refractivity contribution is -0.226. The van der Waals surface area contributed by atoms with Gasteiger partial charge < -0.3 is 14.2 Å². The lowest BCUT2D eigenvalue weighted by Crippen LogP contribution is -2.66. The largest absolute Gasteiger partial charge is 0.469 e. The molecule has 0 aromatic heterocycles. The van der Waals surface area contributed by atoms with Crippen molar-refractivity contribution in [3.05, 3.63) is 11.6 Å². The first-order chi connectivity index (χ1) is 19.0. The quantitative estimate of drug-likeness (QED) is 0.199. The molecule has 4 saturated carbocycles. The van der Waals surface area contributed by atoms with Gasteiger partial charge in [0.2, 0.25) is 0 Å². The lowest BCUT2D eigenvalue weighted by atomic mass is 9.33. The van der Waals surface area contributed by atoms with Crippen LogP contribution < -0.4 is 0 Å². The van der Waals surface area contributed by atoms with Gasteiger partial charge in [-0.3, -0.25) is 14.4 Å². The van der Waals surface area contributed by atoms with Crippen LogP contribution in [0.1, 0.15) is 120 Å². The molecule has 0 saturated heterocycles. The number of carbonyl (C=O) groups is 3. The SMILES string of the molecule is COC(=O)[C@]12CCC(C)(C)C[C@H]1C1=CC[C@@H]3[C@@]4(C)CC[C@@H](OC(C)=O)[C@](C)(COC(C)=O)[C@@H]4CC[C@@]3(C)[C@]1(C)CC2. The van der Waals surface area contributed by atoms with Crippen LogP contribution in [0.2, 0.25) is 0 Å². The van der Waals surface area contributed by atoms with Gasteiger partial charge >= 0.3 is 17.9 Å². The van der Waals surface area contributed by atoms with E-state index in [9.17, 15) is 14.4 Å². The molecule has 5 rings (SSSR count). The number of hydrogen-bond acceptors (Lipinski definition) is 6. The zero-order chi connectivity index (χ0) is 30.2. The number of hydrogen-bond donors (Lipinski definition) is 0. The maximum Gasteiger partial charge on any atom is 0.312 e. The molecule has 5 aliphatic carbocycles. The normalized spacial score (nSPS) is 46.4. The van der Waals surface area contributed by atoms with Gasteiger partial charge in [-0.05, 0) is 104 Å². The van der Waals surface area contributed by atoms with Crippen molar-refractivity contribution >= 4 is 17.9 Å². The number of ether oxygens (including phenoxy) is 3. The van der Waals surface area contributed by atoms with E-state index in [0.29, 0.717) is 5.92 Å². The van der Waals surface area contributed by atoms with Crippen LogP contribution in [-0.2, 0) is 28.6 Å². The van der Waals surface area contributed by atoms with Gasteiger partial charge in [-0.1, -0.05) is 53.2 Å². The van der Waals surface area contributed by atoms with Crippen molar-refractivity contribution in [3.63, 3.8) is 0 Å². The summed E-state index contributed by atoms with van der Waals surface area (Å²) in [5.41, 5.74) is 1.02. The van der Waals surface area contributed by atoms with Crippen LogP contribution in [0.25, 0.3) is 0 Å². The monoisotopic (exact) mass is 570 g/mol. The van der Waals surface area contributed by atoms with E-state index in [-0.39, 0.29) is 64.1 Å². The van der Waals surface area contributed by atoms with Gasteiger partial charge in [0.1, 0.15) is 12.7 Å². The molecule has 6 heteroatoms. The van der Waals surface area contributed by atoms with E-state index in [0.717, 1.165) is 64.2 Å². The average molecular weight is 571 g/mol. The molecule has 0 radical (unpaired) electrons. The van der Waals surface area contributed by atoms with E-state index in [1.807, 2.05) is 0 Å². The summed E-state index contributed by atoms with van der Waals surface area (Å²) in [5, 5.41) is 0. The molecule has 0 aliphatic heterocycles. The van der Waals surface area contributed by atoms with Crippen LogP contribution >= 0.6 is 0 Å². The third-order valence-electron chi connectivity index (χ3n) is 13.9. The Bertz CT molecular complexity index is 1140. The lowest BCUT2D eigenvalue weighted by Gasteiger charge is -2.71. The van der Waals surface area contributed by atoms with Gasteiger partial charge in [-0.2, -0.15) is 0 Å². The zero-order valence-electron chi connectivity index (χ0n) is 27.1. The highest BCUT2D eigenvalue weighted by molar-refractivity contribution is 5.78. The van der Waals surface area contributed by atoms with Gasteiger partial charge in [0, 0.05) is 19.3 Å². The Morgan fingerprint density at radius 1 is 0.854 bits per heavy atom. The fourth-order valence-corrected chi connectivity index (χ4v) is 11.5. The summed E-state index contributed by atoms with van der Waals surface area (Å²) in [6, 6.07) is 0. The first-order valence-electron chi connectivity index (χ1n) is 16.1. The minimum atomic E-state index is -0.434. The molecule has 0 aromatic rings. The highest BCUT2D eigenvalue weighted by Crippen LogP contribution is 2.76. The molecule has 0 unspecified atom stereocenters. The number of fused-ring (bicyclic) bond motifs is 7. The summed E-state index contributed by atoms with van der Waals surface area (Å²) in [4.78, 5) is 37.6. The Hall–Kier alpha value is -1.85. The van der Waals surface area contributed by atoms with E-state index >= 15 is 0 Å². The molecule has 5 aliphatic rings. The van der Waals surface area contributed by atoms with Crippen LogP contribution in [-0.4, -0.2) is 37.7 Å². The number of carbonyl (C=O) groups excluding carboxylic acids is 3. The summed E-state index contributed by atoms with van der Waals surface area (Å²) in [5.74, 6) is 0.404. The van der Waals surface area contributed by atoms with Gasteiger partial charge in [-0.15, -0.1) is 0 Å². The second-order valence-electron chi connectivity index (χ2n) is 16.3. The Morgan fingerprint density at radius 3 is 2.17 bits per heavy atom. The molecule has 41 heavy (non-hydrogen) atoms. The van der Waals surface area contributed by atoms with Crippen molar-refractivity contribution in [1.29, 1.82) is 0 Å². The van der Waals surface area contributed by atoms with Crippen molar-refractivity contribution < 1.29 is 28.6 Å². The standard InChI is InChI=1S/C35H54O6/c1-22(36)40-21-32(6)26-12-15-34(8)27(31(26,5)14-13-28(32)41-23(2)37)11-10-24-25-20-30(3,4)16-18-35(25,29(38)39-9)19-17-33(24,34)7/h10,25-28H,11-21H2,1-9H3/t25-,26+,27+,28+,31-,32+,33+,34+,35-/m0/s1. The van der Waals surface area contributed by atoms with Crippen molar-refractivity contribution in [1.82, 2.24) is 0 Å². The molecule has 9 atom stereocenters. The first-order valence-corrected chi connectivity index (χ1v) is 16.1. The summed E-state index contributed by atoms with van der Waals surface area (Å²) in [6.45, 7) is 17.7. The van der Waals surface area contributed by atoms with E-state index in [1.54, 1.807) is 7.11 Å². The number of rotatable bonds is 4. The van der Waals surface area contributed by atoms with Crippen LogP contribution in [0.15, 0.2) is 11.6 Å². The Balaban J connectivity index is 1.56. The van der Waals surface area contributed by atoms with Crippen molar-refractivity contribution in [2.75, 3.05) is 13.7 Å².